The summed E-state index contributed by atoms with van der Waals surface area (Å²) < 4.78 is 43.2. The average Bonchev–Trinajstić information content (AvgIpc) is 3.67. The summed E-state index contributed by atoms with van der Waals surface area (Å²) in [6.45, 7) is -8.62. The normalized spacial score (nSPS) is 27.5. The highest BCUT2D eigenvalue weighted by Crippen LogP contribution is 2.53. The number of aromatic amines is 1. The minimum atomic E-state index is -4.19. The number of hydrogen-bond acceptors (Lipinski definition) is 15. The Balaban J connectivity index is 1.17. The molecule has 4 aromatic rings. The molecule has 226 valence electrons. The molecule has 6 heterocycles. The Morgan fingerprint density at radius 2 is 1.81 bits per heavy atom. The lowest BCUT2D eigenvalue weighted by atomic mass is 10.2. The molecule has 2 unspecified atom stereocenters. The van der Waals surface area contributed by atoms with Gasteiger partial charge in [0.15, 0.2) is 28.9 Å². The zero-order valence-electron chi connectivity index (χ0n) is 21.2. The van der Waals surface area contributed by atoms with Crippen LogP contribution in [0.5, 0.6) is 0 Å². The molecule has 7 N–H and O–H groups in total. The summed E-state index contributed by atoms with van der Waals surface area (Å²) in [5.74, 6) is 0.0922. The van der Waals surface area contributed by atoms with Crippen LogP contribution in [0.15, 0.2) is 23.8 Å². The van der Waals surface area contributed by atoms with Crippen molar-refractivity contribution in [2.75, 3.05) is 18.1 Å². The van der Waals surface area contributed by atoms with E-state index in [0.717, 1.165) is 0 Å². The van der Waals surface area contributed by atoms with E-state index >= 15 is 0 Å². The van der Waals surface area contributed by atoms with Gasteiger partial charge in [0, 0.05) is 12.8 Å². The van der Waals surface area contributed by atoms with Crippen molar-refractivity contribution in [3.05, 3.63) is 29.3 Å². The molecule has 42 heavy (non-hydrogen) atoms. The molecule has 0 saturated carbocycles. The summed E-state index contributed by atoms with van der Waals surface area (Å²) in [4.78, 5) is 55.6. The highest BCUT2D eigenvalue weighted by molar-refractivity contribution is 8.44. The number of fused-ring (bicyclic) bond motifs is 2. The van der Waals surface area contributed by atoms with Crippen LogP contribution in [0.1, 0.15) is 31.7 Å². The van der Waals surface area contributed by atoms with Crippen LogP contribution >= 0.6 is 25.8 Å². The quantitative estimate of drug-likeness (QED) is 0.106. The summed E-state index contributed by atoms with van der Waals surface area (Å²) in [5.41, 5.74) is 12.0. The Kier molecular flexibility index (Phi) is 7.86. The predicted molar refractivity (Wildman–Crippen MR) is 151 cm³/mol. The first-order chi connectivity index (χ1) is 19.9. The lowest BCUT2D eigenvalue weighted by Gasteiger charge is -2.25. The number of ether oxygens (including phenoxy) is 2. The van der Waals surface area contributed by atoms with E-state index in [-0.39, 0.29) is 29.4 Å². The van der Waals surface area contributed by atoms with Crippen LogP contribution in [0, 0.1) is 0 Å². The van der Waals surface area contributed by atoms with Crippen molar-refractivity contribution < 1.29 is 37.4 Å². The van der Waals surface area contributed by atoms with Crippen LogP contribution in [-0.2, 0) is 39.4 Å². The van der Waals surface area contributed by atoms with Crippen molar-refractivity contribution in [3.8, 4) is 0 Å². The fourth-order valence-corrected chi connectivity index (χ4v) is 6.98. The van der Waals surface area contributed by atoms with E-state index in [9.17, 15) is 19.1 Å². The van der Waals surface area contributed by atoms with Crippen molar-refractivity contribution in [3.63, 3.8) is 0 Å². The smallest absolute Gasteiger partial charge is 0.382 e. The molecule has 2 saturated heterocycles. The van der Waals surface area contributed by atoms with Crippen LogP contribution in [0.4, 0.5) is 11.8 Å². The molecule has 0 radical (unpaired) electrons. The van der Waals surface area contributed by atoms with Gasteiger partial charge in [-0.15, -0.1) is 0 Å². The molecule has 6 rings (SSSR count). The molecule has 2 aliphatic heterocycles. The summed E-state index contributed by atoms with van der Waals surface area (Å²) in [6, 6.07) is 0. The van der Waals surface area contributed by atoms with Gasteiger partial charge < -0.3 is 35.3 Å². The summed E-state index contributed by atoms with van der Waals surface area (Å²) in [6.07, 6.45) is 0.718. The third kappa shape index (κ3) is 6.08. The van der Waals surface area contributed by atoms with Crippen LogP contribution < -0.4 is 17.0 Å². The first-order valence-corrected chi connectivity index (χ1v) is 17.5. The molecule has 0 aliphatic carbocycles. The number of nitrogens with zero attached hydrogens (tertiary/aromatic N) is 7. The van der Waals surface area contributed by atoms with E-state index in [1.165, 1.54) is 23.5 Å². The number of hydrogen-bond donors (Lipinski definition) is 6. The molecule has 2 fully saturated rings. The highest BCUT2D eigenvalue weighted by atomic mass is 32.7. The van der Waals surface area contributed by atoms with E-state index in [4.69, 9.17) is 46.3 Å². The van der Waals surface area contributed by atoms with Gasteiger partial charge in [0.05, 0.1) is 25.4 Å². The molecule has 4 aromatic heterocycles. The molecule has 23 heteroatoms. The van der Waals surface area contributed by atoms with Gasteiger partial charge in [-0.25, -0.2) is 24.5 Å². The Bertz CT molecular complexity index is 1800. The van der Waals surface area contributed by atoms with Crippen LogP contribution in [0.3, 0.4) is 0 Å². The number of thiol groups is 1. The Morgan fingerprint density at radius 3 is 2.57 bits per heavy atom. The first kappa shape index (κ1) is 29.5. The Hall–Kier alpha value is -2.55. The molecule has 19 nitrogen and oxygen atoms in total. The number of nitrogens with one attached hydrogen (secondary N) is 1. The largest absolute Gasteiger partial charge is 0.383 e. The third-order valence-corrected chi connectivity index (χ3v) is 8.91. The number of nitrogen functional groups attached to an aromatic ring is 2. The summed E-state index contributed by atoms with van der Waals surface area (Å²) in [7, 11) is 0. The van der Waals surface area contributed by atoms with Crippen molar-refractivity contribution in [2.45, 2.75) is 50.2 Å². The zero-order chi connectivity index (χ0) is 29.8. The van der Waals surface area contributed by atoms with Crippen molar-refractivity contribution in [1.82, 2.24) is 39.0 Å². The SMILES string of the molecule is Nc1nc2c(ncn2[C@H]2C[C@H](OP(O)(=S)O[C@@H]3CC[C@H](n4cnc5c(N)ncnc54)O3)[C@@H](COP(=O)(O)S)O2)c(=O)[nH]1. The van der Waals surface area contributed by atoms with Gasteiger partial charge in [-0.05, 0) is 18.2 Å². The lowest BCUT2D eigenvalue weighted by Crippen LogP contribution is -2.28. The number of rotatable bonds is 9. The molecule has 0 bridgehead atoms. The maximum absolute atomic E-state index is 12.2. The van der Waals surface area contributed by atoms with Gasteiger partial charge in [0.25, 0.3) is 5.56 Å². The maximum Gasteiger partial charge on any atom is 0.383 e. The van der Waals surface area contributed by atoms with Gasteiger partial charge in [0.2, 0.25) is 5.95 Å². The maximum atomic E-state index is 12.2. The van der Waals surface area contributed by atoms with E-state index in [2.05, 4.69) is 42.2 Å². The molecular weight excluding hydrogens is 638 g/mol. The number of aromatic nitrogens is 8. The fraction of sp³-hybridized carbons (Fsp3) is 0.474. The van der Waals surface area contributed by atoms with E-state index < -0.39 is 56.6 Å². The monoisotopic (exact) mass is 662 g/mol. The Labute approximate surface area is 245 Å². The molecule has 0 aromatic carbocycles. The van der Waals surface area contributed by atoms with E-state index in [1.54, 1.807) is 4.57 Å². The highest BCUT2D eigenvalue weighted by Gasteiger charge is 2.43. The van der Waals surface area contributed by atoms with Crippen molar-refractivity contribution in [2.24, 2.45) is 0 Å². The minimum Gasteiger partial charge on any atom is -0.382 e. The van der Waals surface area contributed by atoms with Gasteiger partial charge in [0.1, 0.15) is 30.4 Å². The second kappa shape index (κ2) is 11.2. The topological polar surface area (TPSA) is 263 Å². The number of nitrogens with two attached hydrogens (primary N) is 2. The molecule has 0 amide bonds. The van der Waals surface area contributed by atoms with Crippen LogP contribution in [-0.4, -0.2) is 73.9 Å². The van der Waals surface area contributed by atoms with Crippen molar-refractivity contribution in [1.29, 1.82) is 0 Å². The van der Waals surface area contributed by atoms with E-state index in [0.29, 0.717) is 24.0 Å². The number of H-pyrrole nitrogens is 1. The minimum absolute atomic E-state index is 0.0172. The molecule has 2 aliphatic rings. The zero-order valence-corrected chi connectivity index (χ0v) is 24.7. The number of imidazole rings is 2. The average molecular weight is 663 g/mol. The van der Waals surface area contributed by atoms with Gasteiger partial charge in [-0.2, -0.15) is 4.98 Å². The molecule has 7 atom stereocenters. The second-order valence-electron chi connectivity index (χ2n) is 9.32. The molecule has 0 spiro atoms. The van der Waals surface area contributed by atoms with Crippen LogP contribution in [0.2, 0.25) is 0 Å². The predicted octanol–water partition coefficient (Wildman–Crippen LogP) is 0.712. The second-order valence-corrected chi connectivity index (χ2v) is 14.8. The standard InChI is InChI=1S/C19H24N10O9P2S2/c20-15-13-16(23-5-22-15)28(6-24-13)10-1-2-12(36-10)38-40(33,42)37-8-3-11(35-9(8)4-34-39(31,32)41)29-7-25-14-17(29)26-19(21)27-18(14)30/h5-12H,1-4H2,(H,33,42)(H2,20,22,23)(H2,31,32,41)(H3,21,26,27,30)/t8-,9+,10+,11+,12+,40?/m0/s1. The Morgan fingerprint density at radius 1 is 1.07 bits per heavy atom. The summed E-state index contributed by atoms with van der Waals surface area (Å²) >= 11 is 8.81. The van der Waals surface area contributed by atoms with Crippen LogP contribution in [0.25, 0.3) is 22.3 Å². The number of anilines is 2. The molecular formula is C19H24N10O9P2S2. The lowest BCUT2D eigenvalue weighted by molar-refractivity contribution is -0.106. The summed E-state index contributed by atoms with van der Waals surface area (Å²) in [5, 5.41) is 0. The van der Waals surface area contributed by atoms with Gasteiger partial charge in [-0.1, -0.05) is 12.2 Å². The van der Waals surface area contributed by atoms with Gasteiger partial charge >= 0.3 is 13.5 Å². The van der Waals surface area contributed by atoms with Crippen molar-refractivity contribution >= 4 is 71.7 Å². The first-order valence-electron chi connectivity index (χ1n) is 12.2. The van der Waals surface area contributed by atoms with Gasteiger partial charge in [-0.3, -0.25) is 28.0 Å². The third-order valence-electron chi connectivity index (χ3n) is 6.52. The van der Waals surface area contributed by atoms with E-state index in [1.807, 2.05) is 0 Å². The fourth-order valence-electron chi connectivity index (χ4n) is 4.75.